The van der Waals surface area contributed by atoms with Crippen LogP contribution in [0.1, 0.15) is 66.8 Å². The van der Waals surface area contributed by atoms with E-state index < -0.39 is 11.8 Å². The first kappa shape index (κ1) is 27.6. The van der Waals surface area contributed by atoms with E-state index in [1.165, 1.54) is 16.7 Å². The Morgan fingerprint density at radius 3 is 2.50 bits per heavy atom. The summed E-state index contributed by atoms with van der Waals surface area (Å²) in [6.07, 6.45) is 8.42. The number of nitrogens with zero attached hydrogens (tertiary/aromatic N) is 2. The fourth-order valence-corrected chi connectivity index (χ4v) is 8.04. The Bertz CT molecular complexity index is 1260. The molecule has 1 saturated carbocycles. The highest BCUT2D eigenvalue weighted by atomic mass is 79.9. The first-order valence-corrected chi connectivity index (χ1v) is 15.2. The predicted molar refractivity (Wildman–Crippen MR) is 153 cm³/mol. The van der Waals surface area contributed by atoms with Crippen LogP contribution in [0.5, 0.6) is 0 Å². The Balaban J connectivity index is 1.32. The van der Waals surface area contributed by atoms with Crippen molar-refractivity contribution < 1.29 is 14.4 Å². The van der Waals surface area contributed by atoms with E-state index in [0.717, 1.165) is 64.6 Å². The van der Waals surface area contributed by atoms with Gasteiger partial charge in [0.2, 0.25) is 5.91 Å². The smallest absolute Gasteiger partial charge is 0.309 e. The van der Waals surface area contributed by atoms with Crippen LogP contribution in [-0.4, -0.2) is 46.7 Å². The number of aromatic nitrogens is 1. The number of rotatable bonds is 3. The Morgan fingerprint density at radius 1 is 1.03 bits per heavy atom. The highest BCUT2D eigenvalue weighted by Gasteiger charge is 2.38. The molecule has 38 heavy (non-hydrogen) atoms. The summed E-state index contributed by atoms with van der Waals surface area (Å²) in [5.41, 5.74) is 10.0. The van der Waals surface area contributed by atoms with Crippen LogP contribution in [0.3, 0.4) is 0 Å². The summed E-state index contributed by atoms with van der Waals surface area (Å²) in [6.45, 7) is 1.39. The van der Waals surface area contributed by atoms with Gasteiger partial charge in [0.05, 0.1) is 5.69 Å². The molecule has 5 rings (SSSR count). The van der Waals surface area contributed by atoms with Crippen molar-refractivity contribution in [1.29, 1.82) is 0 Å². The lowest BCUT2D eigenvalue weighted by atomic mass is 9.76. The van der Waals surface area contributed by atoms with Crippen LogP contribution in [-0.2, 0) is 27.2 Å². The van der Waals surface area contributed by atoms with Crippen molar-refractivity contribution in [3.8, 4) is 0 Å². The predicted octanol–water partition coefficient (Wildman–Crippen LogP) is 4.89. The van der Waals surface area contributed by atoms with Crippen LogP contribution in [0.2, 0.25) is 5.02 Å². The van der Waals surface area contributed by atoms with E-state index in [2.05, 4.69) is 49.3 Å². The van der Waals surface area contributed by atoms with E-state index in [0.29, 0.717) is 25.4 Å². The van der Waals surface area contributed by atoms with Crippen LogP contribution in [0.15, 0.2) is 33.3 Å². The minimum absolute atomic E-state index is 0.127. The number of hydrogen-bond acceptors (Lipinski definition) is 4. The van der Waals surface area contributed by atoms with Gasteiger partial charge in [0.25, 0.3) is 0 Å². The number of piperidine rings is 1. The normalized spacial score (nSPS) is 23.7. The fourth-order valence-electron chi connectivity index (χ4n) is 6.54. The van der Waals surface area contributed by atoms with Crippen LogP contribution in [0.25, 0.3) is 0 Å². The lowest BCUT2D eigenvalue weighted by molar-refractivity contribution is -0.140. The standard InChI is InChI=1S/C28H31Br2ClN4O3/c29-19-10-17-5-4-16-11-20(31)13-22(30)23(16)24(25(17)33-14-19)15-6-8-35(9-7-15)28(38)18-2-1-3-21(12-18)34-27(37)26(32)36/h10-11,13-15,18,21,24H,1-9,12H2,(H2,32,36)(H,34,37)/t18?,21?,24-/m1/s1. The minimum Gasteiger partial charge on any atom is -0.361 e. The molecule has 3 aliphatic rings. The average molecular weight is 667 g/mol. The van der Waals surface area contributed by atoms with Crippen LogP contribution < -0.4 is 11.1 Å². The van der Waals surface area contributed by atoms with Gasteiger partial charge in [-0.3, -0.25) is 19.4 Å². The average Bonchev–Trinajstić information content (AvgIpc) is 3.05. The van der Waals surface area contributed by atoms with E-state index in [-0.39, 0.29) is 23.8 Å². The van der Waals surface area contributed by atoms with E-state index in [9.17, 15) is 14.4 Å². The second-order valence-electron chi connectivity index (χ2n) is 10.7. The molecule has 2 fully saturated rings. The largest absolute Gasteiger partial charge is 0.361 e. The number of aryl methyl sites for hydroxylation is 2. The van der Waals surface area contributed by atoms with Crippen LogP contribution in [0, 0.1) is 11.8 Å². The Hall–Kier alpha value is -1.97. The fraction of sp³-hybridized carbons (Fsp3) is 0.500. The quantitative estimate of drug-likeness (QED) is 0.456. The molecular weight excluding hydrogens is 636 g/mol. The van der Waals surface area contributed by atoms with Gasteiger partial charge in [-0.1, -0.05) is 34.0 Å². The van der Waals surface area contributed by atoms with Crippen LogP contribution >= 0.6 is 43.5 Å². The molecule has 1 aliphatic heterocycles. The Labute approximate surface area is 244 Å². The van der Waals surface area contributed by atoms with Gasteiger partial charge in [-0.05, 0) is 102 Å². The van der Waals surface area contributed by atoms with Crippen molar-refractivity contribution >= 4 is 61.2 Å². The molecule has 3 N–H and O–H groups in total. The van der Waals surface area contributed by atoms with Crippen molar-refractivity contribution in [3.63, 3.8) is 0 Å². The number of carbonyl (C=O) groups excluding carboxylic acids is 3. The molecule has 202 valence electrons. The maximum atomic E-state index is 13.5. The maximum Gasteiger partial charge on any atom is 0.309 e. The molecule has 7 nitrogen and oxygen atoms in total. The number of fused-ring (bicyclic) bond motifs is 2. The van der Waals surface area contributed by atoms with E-state index in [1.54, 1.807) is 0 Å². The minimum atomic E-state index is -0.988. The lowest BCUT2D eigenvalue weighted by Crippen LogP contribution is -2.48. The molecule has 3 amide bonds. The molecule has 2 aromatic rings. The second-order valence-corrected chi connectivity index (χ2v) is 12.9. The summed E-state index contributed by atoms with van der Waals surface area (Å²) in [6, 6.07) is 6.06. The molecule has 10 heteroatoms. The number of likely N-dealkylation sites (tertiary alicyclic amines) is 1. The summed E-state index contributed by atoms with van der Waals surface area (Å²) in [7, 11) is 0. The molecule has 1 saturated heterocycles. The maximum absolute atomic E-state index is 13.5. The van der Waals surface area contributed by atoms with Gasteiger partial charge in [0.1, 0.15) is 0 Å². The van der Waals surface area contributed by atoms with Gasteiger partial charge in [0.15, 0.2) is 0 Å². The summed E-state index contributed by atoms with van der Waals surface area (Å²) in [5, 5.41) is 3.42. The van der Waals surface area contributed by atoms with Gasteiger partial charge in [-0.2, -0.15) is 0 Å². The molecule has 2 unspecified atom stereocenters. The summed E-state index contributed by atoms with van der Waals surface area (Å²) < 4.78 is 2.00. The molecule has 0 spiro atoms. The van der Waals surface area contributed by atoms with Gasteiger partial charge in [0, 0.05) is 51.1 Å². The number of carbonyl (C=O) groups is 3. The van der Waals surface area contributed by atoms with Crippen molar-refractivity contribution in [1.82, 2.24) is 15.2 Å². The molecule has 0 bridgehead atoms. The monoisotopic (exact) mass is 664 g/mol. The third-order valence-electron chi connectivity index (χ3n) is 8.32. The van der Waals surface area contributed by atoms with Gasteiger partial charge >= 0.3 is 11.8 Å². The zero-order valence-electron chi connectivity index (χ0n) is 21.0. The number of benzene rings is 1. The zero-order valence-corrected chi connectivity index (χ0v) is 24.9. The number of nitrogens with two attached hydrogens (primary N) is 1. The number of primary amides is 1. The van der Waals surface area contributed by atoms with Gasteiger partial charge < -0.3 is 16.0 Å². The Morgan fingerprint density at radius 2 is 1.76 bits per heavy atom. The number of halogens is 3. The van der Waals surface area contributed by atoms with Crippen molar-refractivity contribution in [2.45, 2.75) is 63.3 Å². The molecule has 0 radical (unpaired) electrons. The van der Waals surface area contributed by atoms with Gasteiger partial charge in [-0.15, -0.1) is 0 Å². The number of hydrogen-bond donors (Lipinski definition) is 2. The van der Waals surface area contributed by atoms with Gasteiger partial charge in [-0.25, -0.2) is 0 Å². The van der Waals surface area contributed by atoms with E-state index >= 15 is 0 Å². The first-order chi connectivity index (χ1) is 18.2. The second kappa shape index (κ2) is 11.6. The molecule has 1 aromatic heterocycles. The molecule has 2 heterocycles. The van der Waals surface area contributed by atoms with Crippen LogP contribution in [0.4, 0.5) is 0 Å². The number of pyridine rings is 1. The zero-order chi connectivity index (χ0) is 27.0. The molecule has 1 aromatic carbocycles. The third kappa shape index (κ3) is 5.80. The summed E-state index contributed by atoms with van der Waals surface area (Å²) >= 11 is 13.9. The highest BCUT2D eigenvalue weighted by Crippen LogP contribution is 2.46. The topological polar surface area (TPSA) is 105 Å². The third-order valence-corrected chi connectivity index (χ3v) is 9.63. The summed E-state index contributed by atoms with van der Waals surface area (Å²) in [5.74, 6) is -1.29. The Kier molecular flexibility index (Phi) is 8.45. The van der Waals surface area contributed by atoms with Crippen molar-refractivity contribution in [2.75, 3.05) is 13.1 Å². The number of nitrogens with one attached hydrogen (secondary N) is 1. The SMILES string of the molecule is NC(=O)C(=O)NC1CCCC(C(=O)N2CCC([C@H]3c4ncc(Br)cc4CCc4cc(Cl)cc(Br)c43)CC2)C1. The van der Waals surface area contributed by atoms with E-state index in [4.69, 9.17) is 22.3 Å². The van der Waals surface area contributed by atoms with E-state index in [1.807, 2.05) is 17.2 Å². The molecular formula is C28H31Br2ClN4O3. The van der Waals surface area contributed by atoms with Crippen molar-refractivity contribution in [3.05, 3.63) is 60.7 Å². The molecule has 2 aliphatic carbocycles. The lowest BCUT2D eigenvalue weighted by Gasteiger charge is -2.39. The highest BCUT2D eigenvalue weighted by molar-refractivity contribution is 9.10. The summed E-state index contributed by atoms with van der Waals surface area (Å²) in [4.78, 5) is 43.3. The molecule has 3 atom stereocenters. The first-order valence-electron chi connectivity index (χ1n) is 13.2. The number of amides is 3. The van der Waals surface area contributed by atoms with Crippen molar-refractivity contribution in [2.24, 2.45) is 17.6 Å².